The number of sulfonamides is 1. The highest BCUT2D eigenvalue weighted by Gasteiger charge is 2.24. The molecule has 112 valence electrons. The number of nitro groups is 1. The summed E-state index contributed by atoms with van der Waals surface area (Å²) < 4.78 is 25.7. The molecule has 0 aliphatic carbocycles. The fraction of sp³-hybridized carbons (Fsp3) is 0.455. The molecule has 0 spiro atoms. The van der Waals surface area contributed by atoms with E-state index in [-0.39, 0.29) is 9.92 Å². The van der Waals surface area contributed by atoms with Crippen LogP contribution >= 0.6 is 11.6 Å². The molecule has 1 aromatic carbocycles. The van der Waals surface area contributed by atoms with Crippen LogP contribution in [-0.2, 0) is 10.0 Å². The van der Waals surface area contributed by atoms with Crippen LogP contribution in [0.5, 0.6) is 0 Å². The van der Waals surface area contributed by atoms with Crippen LogP contribution in [-0.4, -0.2) is 44.8 Å². The summed E-state index contributed by atoms with van der Waals surface area (Å²) in [5.74, 6) is 0. The maximum Gasteiger partial charge on any atom is 0.289 e. The van der Waals surface area contributed by atoms with Crippen LogP contribution in [0, 0.1) is 10.1 Å². The zero-order chi connectivity index (χ0) is 15.3. The zero-order valence-corrected chi connectivity index (χ0v) is 12.7. The van der Waals surface area contributed by atoms with Crippen LogP contribution in [0.3, 0.4) is 0 Å². The number of nitro benzene ring substituents is 1. The van der Waals surface area contributed by atoms with Gasteiger partial charge in [0.15, 0.2) is 0 Å². The van der Waals surface area contributed by atoms with Crippen LogP contribution in [0.1, 0.15) is 6.42 Å². The number of benzene rings is 1. The number of nitrogens with zero attached hydrogens (tertiary/aromatic N) is 2. The topological polar surface area (TPSA) is 92.6 Å². The van der Waals surface area contributed by atoms with E-state index in [0.29, 0.717) is 19.5 Å². The minimum Gasteiger partial charge on any atom is -0.320 e. The first-order valence-electron chi connectivity index (χ1n) is 5.85. The Balaban J connectivity index is 3.03. The van der Waals surface area contributed by atoms with Crippen molar-refractivity contribution < 1.29 is 13.3 Å². The Bertz CT molecular complexity index is 591. The van der Waals surface area contributed by atoms with Crippen molar-refractivity contribution >= 4 is 27.3 Å². The van der Waals surface area contributed by atoms with Gasteiger partial charge in [0, 0.05) is 19.7 Å². The molecule has 0 aromatic heterocycles. The summed E-state index contributed by atoms with van der Waals surface area (Å²) in [6.07, 6.45) is 0.641. The third-order valence-corrected chi connectivity index (χ3v) is 4.89. The largest absolute Gasteiger partial charge is 0.320 e. The average Bonchev–Trinajstić information content (AvgIpc) is 2.38. The van der Waals surface area contributed by atoms with E-state index in [0.717, 1.165) is 10.4 Å². The smallest absolute Gasteiger partial charge is 0.289 e. The molecule has 1 rings (SSSR count). The van der Waals surface area contributed by atoms with Crippen molar-refractivity contribution in [2.45, 2.75) is 11.3 Å². The summed E-state index contributed by atoms with van der Waals surface area (Å²) in [5.41, 5.74) is -0.420. The maximum absolute atomic E-state index is 12.3. The van der Waals surface area contributed by atoms with Crippen molar-refractivity contribution in [3.8, 4) is 0 Å². The van der Waals surface area contributed by atoms with Gasteiger partial charge in [-0.25, -0.2) is 12.7 Å². The first kappa shape index (κ1) is 16.8. The van der Waals surface area contributed by atoms with Gasteiger partial charge in [-0.3, -0.25) is 10.1 Å². The summed E-state index contributed by atoms with van der Waals surface area (Å²) in [7, 11) is -0.539. The lowest BCUT2D eigenvalue weighted by molar-refractivity contribution is -0.384. The van der Waals surface area contributed by atoms with E-state index < -0.39 is 20.6 Å². The molecule has 0 saturated heterocycles. The van der Waals surface area contributed by atoms with Gasteiger partial charge in [-0.15, -0.1) is 0 Å². The van der Waals surface area contributed by atoms with Crippen LogP contribution in [0.15, 0.2) is 23.1 Å². The van der Waals surface area contributed by atoms with Crippen LogP contribution in [0.2, 0.25) is 5.02 Å². The fourth-order valence-electron chi connectivity index (χ4n) is 1.57. The van der Waals surface area contributed by atoms with Crippen LogP contribution in [0.4, 0.5) is 5.69 Å². The molecule has 0 aliphatic heterocycles. The summed E-state index contributed by atoms with van der Waals surface area (Å²) in [5, 5.41) is 13.6. The first-order valence-corrected chi connectivity index (χ1v) is 7.67. The minimum absolute atomic E-state index is 0.0909. The molecule has 0 saturated carbocycles. The fourth-order valence-corrected chi connectivity index (χ4v) is 2.99. The van der Waals surface area contributed by atoms with Crippen molar-refractivity contribution in [3.05, 3.63) is 33.3 Å². The van der Waals surface area contributed by atoms with E-state index in [2.05, 4.69) is 5.32 Å². The number of nitrogens with one attached hydrogen (secondary N) is 1. The van der Waals surface area contributed by atoms with Crippen molar-refractivity contribution in [1.82, 2.24) is 9.62 Å². The SMILES string of the molecule is CNCCCN(C)S(=O)(=O)c1ccc(Cl)c([N+](=O)[O-])c1. The summed E-state index contributed by atoms with van der Waals surface area (Å²) in [6.45, 7) is 1.00. The Labute approximate surface area is 122 Å². The predicted molar refractivity (Wildman–Crippen MR) is 76.5 cm³/mol. The van der Waals surface area contributed by atoms with Gasteiger partial charge in [0.25, 0.3) is 5.69 Å². The van der Waals surface area contributed by atoms with Crippen molar-refractivity contribution in [3.63, 3.8) is 0 Å². The molecule has 1 N–H and O–H groups in total. The molecule has 0 amide bonds. The number of hydrogen-bond acceptors (Lipinski definition) is 5. The van der Waals surface area contributed by atoms with E-state index in [1.54, 1.807) is 7.05 Å². The molecule has 9 heteroatoms. The molecule has 0 aliphatic rings. The Morgan fingerprint density at radius 1 is 1.45 bits per heavy atom. The summed E-state index contributed by atoms with van der Waals surface area (Å²) in [6, 6.07) is 3.46. The van der Waals surface area contributed by atoms with E-state index in [4.69, 9.17) is 11.6 Å². The van der Waals surface area contributed by atoms with Crippen molar-refractivity contribution in [2.75, 3.05) is 27.2 Å². The molecule has 20 heavy (non-hydrogen) atoms. The Kier molecular flexibility index (Phi) is 5.88. The van der Waals surface area contributed by atoms with E-state index in [9.17, 15) is 18.5 Å². The molecular formula is C11H16ClN3O4S. The van der Waals surface area contributed by atoms with Crippen LogP contribution in [0.25, 0.3) is 0 Å². The molecule has 7 nitrogen and oxygen atoms in total. The van der Waals surface area contributed by atoms with Crippen molar-refractivity contribution in [2.24, 2.45) is 0 Å². The van der Waals surface area contributed by atoms with E-state index in [1.807, 2.05) is 0 Å². The number of hydrogen-bond donors (Lipinski definition) is 1. The van der Waals surface area contributed by atoms with E-state index in [1.165, 1.54) is 19.2 Å². The number of halogens is 1. The molecule has 0 bridgehead atoms. The normalized spacial score (nSPS) is 11.8. The Morgan fingerprint density at radius 2 is 2.10 bits per heavy atom. The van der Waals surface area contributed by atoms with Gasteiger partial charge in [0.2, 0.25) is 10.0 Å². The highest BCUT2D eigenvalue weighted by atomic mass is 35.5. The molecule has 1 aromatic rings. The van der Waals surface area contributed by atoms with Crippen LogP contribution < -0.4 is 5.32 Å². The lowest BCUT2D eigenvalue weighted by Gasteiger charge is -2.17. The van der Waals surface area contributed by atoms with E-state index >= 15 is 0 Å². The molecule has 0 unspecified atom stereocenters. The van der Waals surface area contributed by atoms with Gasteiger partial charge in [0.05, 0.1) is 9.82 Å². The first-order chi connectivity index (χ1) is 9.30. The molecular weight excluding hydrogens is 306 g/mol. The Hall–Kier alpha value is -1.22. The lowest BCUT2D eigenvalue weighted by Crippen LogP contribution is -2.29. The average molecular weight is 322 g/mol. The predicted octanol–water partition coefficient (Wildman–Crippen LogP) is 1.48. The standard InChI is InChI=1S/C11H16ClN3O4S/c1-13-6-3-7-14(2)20(18,19)9-4-5-10(12)11(8-9)15(16)17/h4-5,8,13H,3,6-7H2,1-2H3. The minimum atomic E-state index is -3.75. The second-order valence-electron chi connectivity index (χ2n) is 4.15. The number of rotatable bonds is 7. The van der Waals surface area contributed by atoms with Gasteiger partial charge in [-0.2, -0.15) is 0 Å². The molecule has 0 atom stereocenters. The second kappa shape index (κ2) is 6.98. The second-order valence-corrected chi connectivity index (χ2v) is 6.61. The van der Waals surface area contributed by atoms with Gasteiger partial charge >= 0.3 is 0 Å². The molecule has 0 fully saturated rings. The highest BCUT2D eigenvalue weighted by Crippen LogP contribution is 2.28. The maximum atomic E-state index is 12.3. The Morgan fingerprint density at radius 3 is 2.65 bits per heavy atom. The van der Waals surface area contributed by atoms with Gasteiger partial charge in [0.1, 0.15) is 5.02 Å². The third kappa shape index (κ3) is 3.89. The highest BCUT2D eigenvalue weighted by molar-refractivity contribution is 7.89. The van der Waals surface area contributed by atoms with Gasteiger partial charge in [-0.05, 0) is 32.1 Å². The third-order valence-electron chi connectivity index (χ3n) is 2.72. The van der Waals surface area contributed by atoms with Gasteiger partial charge < -0.3 is 5.32 Å². The lowest BCUT2D eigenvalue weighted by atomic mass is 10.3. The summed E-state index contributed by atoms with van der Waals surface area (Å²) >= 11 is 5.66. The molecule has 0 heterocycles. The molecule has 0 radical (unpaired) electrons. The zero-order valence-electron chi connectivity index (χ0n) is 11.2. The summed E-state index contributed by atoms with van der Waals surface area (Å²) in [4.78, 5) is 9.94. The van der Waals surface area contributed by atoms with Crippen molar-refractivity contribution in [1.29, 1.82) is 0 Å². The quantitative estimate of drug-likeness (QED) is 0.466. The monoisotopic (exact) mass is 321 g/mol. The van der Waals surface area contributed by atoms with Gasteiger partial charge in [-0.1, -0.05) is 11.6 Å².